The molecule has 1 aromatic rings. The number of benzene rings is 1. The molecule has 0 aliphatic carbocycles. The van der Waals surface area contributed by atoms with Crippen LogP contribution in [0, 0.1) is 11.7 Å². The van der Waals surface area contributed by atoms with Gasteiger partial charge in [-0.2, -0.15) is 0 Å². The van der Waals surface area contributed by atoms with Crippen LogP contribution in [0.25, 0.3) is 0 Å². The van der Waals surface area contributed by atoms with Crippen LogP contribution in [0.5, 0.6) is 0 Å². The molecule has 0 aliphatic heterocycles. The van der Waals surface area contributed by atoms with Crippen LogP contribution < -0.4 is 11.1 Å². The number of nitrogens with two attached hydrogens (primary N) is 1. The number of amides is 1. The highest BCUT2D eigenvalue weighted by molar-refractivity contribution is 9.10. The van der Waals surface area contributed by atoms with Gasteiger partial charge in [0.05, 0.1) is 11.7 Å². The van der Waals surface area contributed by atoms with E-state index in [2.05, 4.69) is 21.2 Å². The fraction of sp³-hybridized carbons (Fsp3) is 0.417. The van der Waals surface area contributed by atoms with Crippen LogP contribution in [0.2, 0.25) is 0 Å². The predicted molar refractivity (Wildman–Crippen MR) is 70.2 cm³/mol. The Kier molecular flexibility index (Phi) is 5.08. The number of rotatable bonds is 4. The first kappa shape index (κ1) is 14.1. The first-order valence-corrected chi connectivity index (χ1v) is 6.21. The first-order chi connectivity index (χ1) is 7.90. The summed E-state index contributed by atoms with van der Waals surface area (Å²) in [4.78, 5) is 11.7. The molecule has 1 rings (SSSR count). The van der Waals surface area contributed by atoms with Gasteiger partial charge in [0.2, 0.25) is 5.91 Å². The minimum atomic E-state index is -0.579. The maximum Gasteiger partial charge on any atom is 0.241 e. The van der Waals surface area contributed by atoms with Gasteiger partial charge in [-0.3, -0.25) is 4.79 Å². The monoisotopic (exact) mass is 302 g/mol. The molecule has 0 spiro atoms. The molecule has 0 saturated heterocycles. The van der Waals surface area contributed by atoms with Gasteiger partial charge in [-0.05, 0) is 46.5 Å². The minimum Gasteiger partial charge on any atom is -0.324 e. The third-order valence-electron chi connectivity index (χ3n) is 2.25. The van der Waals surface area contributed by atoms with Crippen molar-refractivity contribution in [2.45, 2.75) is 26.3 Å². The van der Waals surface area contributed by atoms with E-state index >= 15 is 0 Å². The summed E-state index contributed by atoms with van der Waals surface area (Å²) in [5, 5.41) is 2.61. The topological polar surface area (TPSA) is 55.1 Å². The summed E-state index contributed by atoms with van der Waals surface area (Å²) in [6.07, 6.45) is 0.596. The predicted octanol–water partition coefficient (Wildman–Crippen LogP) is 2.90. The number of hydrogen-bond acceptors (Lipinski definition) is 2. The van der Waals surface area contributed by atoms with Crippen LogP contribution in [0.3, 0.4) is 0 Å². The van der Waals surface area contributed by atoms with Crippen molar-refractivity contribution in [1.29, 1.82) is 0 Å². The summed E-state index contributed by atoms with van der Waals surface area (Å²) in [6.45, 7) is 3.98. The number of halogens is 2. The van der Waals surface area contributed by atoms with Gasteiger partial charge in [0, 0.05) is 4.47 Å². The average Bonchev–Trinajstić information content (AvgIpc) is 2.22. The van der Waals surface area contributed by atoms with E-state index in [9.17, 15) is 9.18 Å². The molecule has 0 heterocycles. The molecule has 0 fully saturated rings. The molecule has 0 saturated carbocycles. The highest BCUT2D eigenvalue weighted by Gasteiger charge is 2.16. The van der Waals surface area contributed by atoms with Crippen molar-refractivity contribution >= 4 is 27.5 Å². The van der Waals surface area contributed by atoms with E-state index in [-0.39, 0.29) is 5.91 Å². The van der Waals surface area contributed by atoms with Gasteiger partial charge in [0.15, 0.2) is 0 Å². The molecule has 0 aliphatic rings. The van der Waals surface area contributed by atoms with Crippen LogP contribution in [0.4, 0.5) is 10.1 Å². The van der Waals surface area contributed by atoms with Gasteiger partial charge in [-0.1, -0.05) is 13.8 Å². The van der Waals surface area contributed by atoms with Crippen molar-refractivity contribution in [1.82, 2.24) is 0 Å². The van der Waals surface area contributed by atoms with Crippen molar-refractivity contribution in [3.8, 4) is 0 Å². The normalized spacial score (nSPS) is 12.6. The smallest absolute Gasteiger partial charge is 0.241 e. The second kappa shape index (κ2) is 6.12. The third-order valence-corrected chi connectivity index (χ3v) is 2.94. The van der Waals surface area contributed by atoms with Gasteiger partial charge in [0.25, 0.3) is 0 Å². The summed E-state index contributed by atoms with van der Waals surface area (Å²) >= 11 is 3.24. The molecule has 0 aromatic heterocycles. The Morgan fingerprint density at radius 2 is 2.18 bits per heavy atom. The van der Waals surface area contributed by atoms with Gasteiger partial charge >= 0.3 is 0 Å². The molecule has 0 bridgehead atoms. The number of hydrogen-bond donors (Lipinski definition) is 2. The summed E-state index contributed by atoms with van der Waals surface area (Å²) < 4.78 is 13.6. The Labute approximate surface area is 109 Å². The fourth-order valence-corrected chi connectivity index (χ4v) is 1.78. The molecule has 1 amide bonds. The van der Waals surface area contributed by atoms with Crippen molar-refractivity contribution in [3.05, 3.63) is 28.5 Å². The van der Waals surface area contributed by atoms with Gasteiger partial charge in [-0.15, -0.1) is 0 Å². The molecule has 1 aromatic carbocycles. The van der Waals surface area contributed by atoms with Crippen LogP contribution >= 0.6 is 15.9 Å². The lowest BCUT2D eigenvalue weighted by atomic mass is 10.0. The van der Waals surface area contributed by atoms with Crippen molar-refractivity contribution in [2.75, 3.05) is 5.32 Å². The Bertz CT molecular complexity index is 409. The number of anilines is 1. The van der Waals surface area contributed by atoms with E-state index in [0.29, 0.717) is 22.5 Å². The van der Waals surface area contributed by atoms with E-state index in [1.165, 1.54) is 12.1 Å². The summed E-state index contributed by atoms with van der Waals surface area (Å²) in [5.74, 6) is -0.363. The van der Waals surface area contributed by atoms with Crippen molar-refractivity contribution in [3.63, 3.8) is 0 Å². The number of carbonyl (C=O) groups excluding carboxylic acids is 1. The van der Waals surface area contributed by atoms with Crippen LogP contribution in [-0.4, -0.2) is 11.9 Å². The van der Waals surface area contributed by atoms with Crippen LogP contribution in [0.1, 0.15) is 20.3 Å². The lowest BCUT2D eigenvalue weighted by molar-refractivity contribution is -0.117. The summed E-state index contributed by atoms with van der Waals surface area (Å²) in [6, 6.07) is 3.53. The summed E-state index contributed by atoms with van der Waals surface area (Å²) in [5.41, 5.74) is 6.13. The van der Waals surface area contributed by atoms with Crippen LogP contribution in [-0.2, 0) is 4.79 Å². The van der Waals surface area contributed by atoms with E-state index in [1.807, 2.05) is 13.8 Å². The maximum atomic E-state index is 13.0. The van der Waals surface area contributed by atoms with E-state index in [4.69, 9.17) is 5.73 Å². The molecule has 3 nitrogen and oxygen atoms in total. The lowest BCUT2D eigenvalue weighted by Crippen LogP contribution is -2.36. The van der Waals surface area contributed by atoms with Gasteiger partial charge in [-0.25, -0.2) is 4.39 Å². The van der Waals surface area contributed by atoms with E-state index in [1.54, 1.807) is 6.07 Å². The molecule has 0 radical (unpaired) electrons. The SMILES string of the molecule is CC(C)C[C@H](N)C(=O)Nc1cc(F)ccc1Br. The molecule has 17 heavy (non-hydrogen) atoms. The quantitative estimate of drug-likeness (QED) is 0.898. The zero-order valence-corrected chi connectivity index (χ0v) is 11.4. The number of carbonyl (C=O) groups is 1. The molecule has 3 N–H and O–H groups in total. The second-order valence-electron chi connectivity index (χ2n) is 4.35. The van der Waals surface area contributed by atoms with Crippen LogP contribution in [0.15, 0.2) is 22.7 Å². The Morgan fingerprint density at radius 3 is 2.76 bits per heavy atom. The average molecular weight is 303 g/mol. The molecule has 0 unspecified atom stereocenters. The van der Waals surface area contributed by atoms with Crippen molar-refractivity contribution < 1.29 is 9.18 Å². The molecule has 5 heteroatoms. The Balaban J connectivity index is 2.70. The van der Waals surface area contributed by atoms with Gasteiger partial charge in [0.1, 0.15) is 5.82 Å². The largest absolute Gasteiger partial charge is 0.324 e. The van der Waals surface area contributed by atoms with Crippen molar-refractivity contribution in [2.24, 2.45) is 11.7 Å². The lowest BCUT2D eigenvalue weighted by Gasteiger charge is -2.14. The maximum absolute atomic E-state index is 13.0. The van der Waals surface area contributed by atoms with E-state index in [0.717, 1.165) is 0 Å². The molecular weight excluding hydrogens is 287 g/mol. The minimum absolute atomic E-state index is 0.301. The second-order valence-corrected chi connectivity index (χ2v) is 5.20. The Morgan fingerprint density at radius 1 is 1.53 bits per heavy atom. The number of nitrogens with one attached hydrogen (secondary N) is 1. The molecule has 1 atom stereocenters. The molecule has 94 valence electrons. The fourth-order valence-electron chi connectivity index (χ4n) is 1.43. The Hall–Kier alpha value is -0.940. The summed E-state index contributed by atoms with van der Waals surface area (Å²) in [7, 11) is 0. The highest BCUT2D eigenvalue weighted by Crippen LogP contribution is 2.23. The van der Waals surface area contributed by atoms with E-state index < -0.39 is 11.9 Å². The van der Waals surface area contributed by atoms with Gasteiger partial charge < -0.3 is 11.1 Å². The third kappa shape index (κ3) is 4.44. The zero-order chi connectivity index (χ0) is 13.0. The first-order valence-electron chi connectivity index (χ1n) is 5.41. The highest BCUT2D eigenvalue weighted by atomic mass is 79.9. The molecular formula is C12H16BrFN2O. The zero-order valence-electron chi connectivity index (χ0n) is 9.84. The standard InChI is InChI=1S/C12H16BrFN2O/c1-7(2)5-10(15)12(17)16-11-6-8(14)3-4-9(11)13/h3-4,6-7,10H,5,15H2,1-2H3,(H,16,17)/t10-/m0/s1.